The first-order chi connectivity index (χ1) is 9.38. The maximum absolute atomic E-state index is 13.0. The summed E-state index contributed by atoms with van der Waals surface area (Å²) in [4.78, 5) is 0.0186. The molecule has 0 atom stereocenters. The molecule has 8 heteroatoms. The topological polar surface area (TPSA) is 64.0 Å². The van der Waals surface area contributed by atoms with Crippen LogP contribution in [0.2, 0.25) is 0 Å². The largest absolute Gasteiger partial charge is 0.276 e. The van der Waals surface area contributed by atoms with Gasteiger partial charge in [-0.2, -0.15) is 5.10 Å². The van der Waals surface area contributed by atoms with Crippen LogP contribution in [-0.2, 0) is 23.5 Å². The van der Waals surface area contributed by atoms with Crippen molar-refractivity contribution in [3.8, 4) is 0 Å². The molecule has 1 heterocycles. The van der Waals surface area contributed by atoms with Crippen molar-refractivity contribution in [2.45, 2.75) is 11.3 Å². The highest BCUT2D eigenvalue weighted by atomic mass is 79.9. The summed E-state index contributed by atoms with van der Waals surface area (Å²) in [5.74, 6) is -0.494. The monoisotopic (exact) mass is 361 g/mol. The number of aromatic nitrogens is 2. The lowest BCUT2D eigenvalue weighted by atomic mass is 10.3. The molecule has 0 radical (unpaired) electrons. The predicted molar refractivity (Wildman–Crippen MR) is 76.2 cm³/mol. The van der Waals surface area contributed by atoms with E-state index in [-0.39, 0.29) is 15.9 Å². The van der Waals surface area contributed by atoms with Crippen LogP contribution in [0.5, 0.6) is 0 Å². The smallest absolute Gasteiger partial charge is 0.241 e. The van der Waals surface area contributed by atoms with Gasteiger partial charge in [0.05, 0.1) is 11.1 Å². The van der Waals surface area contributed by atoms with Gasteiger partial charge in [-0.3, -0.25) is 4.68 Å². The van der Waals surface area contributed by atoms with Crippen LogP contribution in [0.1, 0.15) is 5.56 Å². The van der Waals surface area contributed by atoms with Gasteiger partial charge in [-0.05, 0) is 46.1 Å². The Morgan fingerprint density at radius 3 is 2.80 bits per heavy atom. The quantitative estimate of drug-likeness (QED) is 0.883. The first kappa shape index (κ1) is 15.1. The van der Waals surface area contributed by atoms with Gasteiger partial charge in [0.2, 0.25) is 10.0 Å². The van der Waals surface area contributed by atoms with Crippen LogP contribution in [0.3, 0.4) is 0 Å². The molecular weight excluding hydrogens is 349 g/mol. The molecule has 1 aromatic heterocycles. The lowest BCUT2D eigenvalue weighted by molar-refractivity contribution is 0.580. The summed E-state index contributed by atoms with van der Waals surface area (Å²) in [6.07, 6.45) is 4.04. The molecule has 0 bridgehead atoms. The number of nitrogens with zero attached hydrogens (tertiary/aromatic N) is 2. The molecule has 0 aliphatic carbocycles. The van der Waals surface area contributed by atoms with E-state index in [1.54, 1.807) is 17.9 Å². The van der Waals surface area contributed by atoms with Gasteiger partial charge in [-0.15, -0.1) is 0 Å². The number of halogens is 2. The second-order valence-corrected chi connectivity index (χ2v) is 6.83. The number of hydrogen-bond donors (Lipinski definition) is 1. The third kappa shape index (κ3) is 3.65. The summed E-state index contributed by atoms with van der Waals surface area (Å²) in [6, 6.07) is 3.46. The third-order valence-electron chi connectivity index (χ3n) is 2.65. The van der Waals surface area contributed by atoms with E-state index in [9.17, 15) is 12.8 Å². The van der Waals surface area contributed by atoms with E-state index >= 15 is 0 Å². The summed E-state index contributed by atoms with van der Waals surface area (Å²) in [6.45, 7) is 0.248. The number of sulfonamides is 1. The number of rotatable bonds is 5. The average Bonchev–Trinajstić information content (AvgIpc) is 2.74. The molecule has 0 spiro atoms. The lowest BCUT2D eigenvalue weighted by Gasteiger charge is -2.08. The Hall–Kier alpha value is -1.25. The number of nitrogens with one attached hydrogen (secondary N) is 1. The molecule has 5 nitrogen and oxygen atoms in total. The van der Waals surface area contributed by atoms with Gasteiger partial charge in [-0.1, -0.05) is 0 Å². The van der Waals surface area contributed by atoms with E-state index in [4.69, 9.17) is 0 Å². The van der Waals surface area contributed by atoms with E-state index in [0.29, 0.717) is 6.42 Å². The molecule has 20 heavy (non-hydrogen) atoms. The van der Waals surface area contributed by atoms with Gasteiger partial charge in [0.15, 0.2) is 0 Å². The Labute approximate surface area is 125 Å². The molecule has 1 N–H and O–H groups in total. The van der Waals surface area contributed by atoms with E-state index in [2.05, 4.69) is 25.8 Å². The van der Waals surface area contributed by atoms with Crippen molar-refractivity contribution in [3.05, 3.63) is 46.4 Å². The summed E-state index contributed by atoms with van der Waals surface area (Å²) >= 11 is 3.05. The molecule has 1 aromatic carbocycles. The summed E-state index contributed by atoms with van der Waals surface area (Å²) < 4.78 is 41.4. The van der Waals surface area contributed by atoms with Crippen LogP contribution in [0.15, 0.2) is 40.0 Å². The van der Waals surface area contributed by atoms with Crippen molar-refractivity contribution in [2.75, 3.05) is 6.54 Å². The molecule has 0 aliphatic rings. The highest BCUT2D eigenvalue weighted by Crippen LogP contribution is 2.22. The van der Waals surface area contributed by atoms with E-state index in [1.165, 1.54) is 6.07 Å². The van der Waals surface area contributed by atoms with Gasteiger partial charge < -0.3 is 0 Å². The Morgan fingerprint density at radius 1 is 1.45 bits per heavy atom. The lowest BCUT2D eigenvalue weighted by Crippen LogP contribution is -2.26. The number of benzene rings is 1. The van der Waals surface area contributed by atoms with Gasteiger partial charge in [0, 0.05) is 24.3 Å². The summed E-state index contributed by atoms with van der Waals surface area (Å²) in [7, 11) is -1.87. The average molecular weight is 362 g/mol. The Kier molecular flexibility index (Phi) is 4.56. The van der Waals surface area contributed by atoms with E-state index in [1.807, 2.05) is 6.20 Å². The highest BCUT2D eigenvalue weighted by molar-refractivity contribution is 9.10. The minimum atomic E-state index is -3.66. The molecule has 0 unspecified atom stereocenters. The van der Waals surface area contributed by atoms with Crippen LogP contribution in [0.25, 0.3) is 0 Å². The molecule has 0 amide bonds. The molecule has 2 rings (SSSR count). The fourth-order valence-electron chi connectivity index (χ4n) is 1.70. The van der Waals surface area contributed by atoms with Crippen molar-refractivity contribution in [1.29, 1.82) is 0 Å². The van der Waals surface area contributed by atoms with Gasteiger partial charge in [0.25, 0.3) is 0 Å². The fourth-order valence-corrected chi connectivity index (χ4v) is 3.78. The highest BCUT2D eigenvalue weighted by Gasteiger charge is 2.17. The maximum Gasteiger partial charge on any atom is 0.241 e. The molecule has 2 aromatic rings. The second kappa shape index (κ2) is 6.02. The first-order valence-corrected chi connectivity index (χ1v) is 8.08. The zero-order chi connectivity index (χ0) is 14.8. The molecular formula is C12H13BrFN3O2S. The first-order valence-electron chi connectivity index (χ1n) is 5.81. The fraction of sp³-hybridized carbons (Fsp3) is 0.250. The van der Waals surface area contributed by atoms with Crippen LogP contribution in [0, 0.1) is 5.82 Å². The zero-order valence-electron chi connectivity index (χ0n) is 10.7. The summed E-state index contributed by atoms with van der Waals surface area (Å²) in [5, 5.41) is 4.00. The second-order valence-electron chi connectivity index (χ2n) is 4.24. The summed E-state index contributed by atoms with van der Waals surface area (Å²) in [5.41, 5.74) is 0.938. The van der Waals surface area contributed by atoms with Gasteiger partial charge in [0.1, 0.15) is 5.82 Å². The van der Waals surface area contributed by atoms with Crippen molar-refractivity contribution < 1.29 is 12.8 Å². The third-order valence-corrected chi connectivity index (χ3v) is 5.09. The van der Waals surface area contributed by atoms with Gasteiger partial charge >= 0.3 is 0 Å². The van der Waals surface area contributed by atoms with Crippen LogP contribution >= 0.6 is 15.9 Å². The molecule has 108 valence electrons. The normalized spacial score (nSPS) is 11.8. The van der Waals surface area contributed by atoms with E-state index in [0.717, 1.165) is 17.7 Å². The minimum absolute atomic E-state index is 0.0186. The minimum Gasteiger partial charge on any atom is -0.276 e. The molecule has 0 saturated carbocycles. The SMILES string of the molecule is Cn1cc(CCNS(=O)(=O)c2ccc(F)cc2Br)cn1. The Bertz CT molecular complexity index is 715. The molecule has 0 aliphatic heterocycles. The van der Waals surface area contributed by atoms with Crippen LogP contribution in [-0.4, -0.2) is 24.7 Å². The molecule has 0 saturated heterocycles. The number of hydrogen-bond acceptors (Lipinski definition) is 3. The van der Waals surface area contributed by atoms with Crippen LogP contribution < -0.4 is 4.72 Å². The predicted octanol–water partition coefficient (Wildman–Crippen LogP) is 1.84. The van der Waals surface area contributed by atoms with Crippen molar-refractivity contribution in [1.82, 2.24) is 14.5 Å². The number of aryl methyl sites for hydroxylation is 1. The van der Waals surface area contributed by atoms with Crippen molar-refractivity contribution in [3.63, 3.8) is 0 Å². The van der Waals surface area contributed by atoms with Crippen molar-refractivity contribution >= 4 is 26.0 Å². The van der Waals surface area contributed by atoms with Gasteiger partial charge in [-0.25, -0.2) is 17.5 Å². The Morgan fingerprint density at radius 2 is 2.20 bits per heavy atom. The van der Waals surface area contributed by atoms with Crippen LogP contribution in [0.4, 0.5) is 4.39 Å². The van der Waals surface area contributed by atoms with Crippen molar-refractivity contribution in [2.24, 2.45) is 7.05 Å². The maximum atomic E-state index is 13.0. The standard InChI is InChI=1S/C12H13BrFN3O2S/c1-17-8-9(7-15-17)4-5-16-20(18,19)12-3-2-10(14)6-11(12)13/h2-3,6-8,16H,4-5H2,1H3. The Balaban J connectivity index is 2.04. The van der Waals surface area contributed by atoms with E-state index < -0.39 is 15.8 Å². The zero-order valence-corrected chi connectivity index (χ0v) is 13.1. The molecule has 0 fully saturated rings.